The fourth-order valence-electron chi connectivity index (χ4n) is 0.558. The highest BCUT2D eigenvalue weighted by Gasteiger charge is 2.28. The van der Waals surface area contributed by atoms with Gasteiger partial charge in [-0.25, -0.2) is 9.59 Å². The van der Waals surface area contributed by atoms with Gasteiger partial charge >= 0.3 is 12.0 Å². The van der Waals surface area contributed by atoms with Crippen LogP contribution in [0.1, 0.15) is 13.8 Å². The van der Waals surface area contributed by atoms with Crippen LogP contribution in [0.15, 0.2) is 11.6 Å². The molecule has 6 heteroatoms. The third-order valence-electron chi connectivity index (χ3n) is 1.40. The third kappa shape index (κ3) is 4.71. The van der Waals surface area contributed by atoms with Crippen molar-refractivity contribution in [1.82, 2.24) is 10.6 Å². The van der Waals surface area contributed by atoms with Crippen LogP contribution in [0.4, 0.5) is 4.79 Å². The van der Waals surface area contributed by atoms with Gasteiger partial charge in [-0.05, 0) is 13.8 Å². The zero-order chi connectivity index (χ0) is 11.4. The van der Waals surface area contributed by atoms with Crippen molar-refractivity contribution in [3.05, 3.63) is 11.6 Å². The predicted octanol–water partition coefficient (Wildman–Crippen LogP) is 0.901. The van der Waals surface area contributed by atoms with Gasteiger partial charge in [0.1, 0.15) is 5.54 Å². The Kier molecular flexibility index (Phi) is 4.43. The number of rotatable bonds is 4. The number of hydrogen-bond acceptors (Lipinski definition) is 2. The van der Waals surface area contributed by atoms with E-state index in [-0.39, 0.29) is 11.6 Å². The average molecular weight is 221 g/mol. The number of hydrogen-bond donors (Lipinski definition) is 3. The van der Waals surface area contributed by atoms with Crippen LogP contribution in [0.25, 0.3) is 0 Å². The lowest BCUT2D eigenvalue weighted by Crippen LogP contribution is -2.53. The molecule has 0 aromatic heterocycles. The van der Waals surface area contributed by atoms with Crippen LogP contribution in [0.5, 0.6) is 0 Å². The highest BCUT2D eigenvalue weighted by atomic mass is 35.5. The molecule has 2 amide bonds. The summed E-state index contributed by atoms with van der Waals surface area (Å²) in [5, 5.41) is 13.6. The maximum atomic E-state index is 11.1. The Morgan fingerprint density at radius 1 is 1.50 bits per heavy atom. The Morgan fingerprint density at radius 2 is 2.00 bits per heavy atom. The molecule has 0 aromatic rings. The zero-order valence-electron chi connectivity index (χ0n) is 8.06. The Hall–Kier alpha value is -1.23. The second-order valence-corrected chi connectivity index (χ2v) is 3.79. The van der Waals surface area contributed by atoms with Crippen LogP contribution >= 0.6 is 11.6 Å². The molecule has 0 radical (unpaired) electrons. The Labute approximate surface area is 87.1 Å². The lowest BCUT2D eigenvalue weighted by Gasteiger charge is -2.20. The van der Waals surface area contributed by atoms with E-state index >= 15 is 0 Å². The summed E-state index contributed by atoms with van der Waals surface area (Å²) in [7, 11) is 0. The van der Waals surface area contributed by atoms with Gasteiger partial charge in [0, 0.05) is 5.03 Å². The number of urea groups is 1. The quantitative estimate of drug-likeness (QED) is 0.659. The number of carboxylic acid groups (broad SMARTS) is 1. The maximum Gasteiger partial charge on any atom is 0.328 e. The number of nitrogens with one attached hydrogen (secondary N) is 2. The summed E-state index contributed by atoms with van der Waals surface area (Å²) < 4.78 is 0. The summed E-state index contributed by atoms with van der Waals surface area (Å²) >= 11 is 5.40. The molecule has 0 unspecified atom stereocenters. The molecule has 0 fully saturated rings. The molecule has 0 saturated carbocycles. The van der Waals surface area contributed by atoms with E-state index in [2.05, 4.69) is 17.2 Å². The summed E-state index contributed by atoms with van der Waals surface area (Å²) in [6.45, 7) is 6.22. The van der Waals surface area contributed by atoms with E-state index < -0.39 is 17.5 Å². The van der Waals surface area contributed by atoms with Crippen LogP contribution in [0.2, 0.25) is 0 Å². The fourth-order valence-corrected chi connectivity index (χ4v) is 0.624. The first kappa shape index (κ1) is 12.8. The van der Waals surface area contributed by atoms with E-state index in [0.29, 0.717) is 0 Å². The Morgan fingerprint density at radius 3 is 2.36 bits per heavy atom. The third-order valence-corrected chi connectivity index (χ3v) is 1.54. The van der Waals surface area contributed by atoms with E-state index in [0.717, 1.165) is 0 Å². The average Bonchev–Trinajstić information content (AvgIpc) is 1.99. The molecule has 0 bridgehead atoms. The molecule has 0 aliphatic carbocycles. The Bertz CT molecular complexity index is 263. The topological polar surface area (TPSA) is 78.4 Å². The first-order valence-corrected chi connectivity index (χ1v) is 4.26. The lowest BCUT2D eigenvalue weighted by atomic mass is 10.1. The summed E-state index contributed by atoms with van der Waals surface area (Å²) in [6, 6.07) is -0.598. The van der Waals surface area contributed by atoms with Gasteiger partial charge in [0.25, 0.3) is 0 Å². The van der Waals surface area contributed by atoms with Gasteiger partial charge in [0.2, 0.25) is 0 Å². The molecule has 0 saturated heterocycles. The summed E-state index contributed by atoms with van der Waals surface area (Å²) in [5.74, 6) is -1.11. The fraction of sp³-hybridized carbons (Fsp3) is 0.500. The van der Waals surface area contributed by atoms with E-state index in [4.69, 9.17) is 16.7 Å². The van der Waals surface area contributed by atoms with Gasteiger partial charge in [-0.2, -0.15) is 0 Å². The lowest BCUT2D eigenvalue weighted by molar-refractivity contribution is -0.142. The molecule has 0 atom stereocenters. The van der Waals surface area contributed by atoms with Gasteiger partial charge in [-0.15, -0.1) is 0 Å². The van der Waals surface area contributed by atoms with Crippen LogP contribution in [0, 0.1) is 0 Å². The van der Waals surface area contributed by atoms with Crippen molar-refractivity contribution < 1.29 is 14.7 Å². The SMILES string of the molecule is C=C(Cl)CNC(=O)NC(C)(C)C(=O)O. The van der Waals surface area contributed by atoms with Gasteiger partial charge in [-0.3, -0.25) is 0 Å². The molecule has 14 heavy (non-hydrogen) atoms. The van der Waals surface area contributed by atoms with Gasteiger partial charge in [-0.1, -0.05) is 18.2 Å². The standard InChI is InChI=1S/C8H13ClN2O3/c1-5(9)4-10-7(14)11-8(2,3)6(12)13/h1,4H2,2-3H3,(H,12,13)(H2,10,11,14). The minimum absolute atomic E-state index is 0.100. The summed E-state index contributed by atoms with van der Waals surface area (Å²) in [5.41, 5.74) is -1.31. The van der Waals surface area contributed by atoms with Crippen molar-refractivity contribution in [1.29, 1.82) is 0 Å². The van der Waals surface area contributed by atoms with Crippen molar-refractivity contribution in [3.8, 4) is 0 Å². The number of carbonyl (C=O) groups is 2. The molecule has 0 aliphatic rings. The zero-order valence-corrected chi connectivity index (χ0v) is 8.81. The van der Waals surface area contributed by atoms with Crippen molar-refractivity contribution >= 4 is 23.6 Å². The number of carbonyl (C=O) groups excluding carboxylic acids is 1. The van der Waals surface area contributed by atoms with Gasteiger partial charge in [0.15, 0.2) is 0 Å². The van der Waals surface area contributed by atoms with E-state index in [1.165, 1.54) is 13.8 Å². The normalized spacial score (nSPS) is 10.5. The number of carboxylic acids is 1. The van der Waals surface area contributed by atoms with Crippen LogP contribution in [-0.2, 0) is 4.79 Å². The van der Waals surface area contributed by atoms with Crippen molar-refractivity contribution in [2.45, 2.75) is 19.4 Å². The summed E-state index contributed by atoms with van der Waals surface area (Å²) in [6.07, 6.45) is 0. The van der Waals surface area contributed by atoms with E-state index in [1.807, 2.05) is 0 Å². The van der Waals surface area contributed by atoms with Crippen molar-refractivity contribution in [3.63, 3.8) is 0 Å². The Balaban J connectivity index is 4.06. The molecule has 5 nitrogen and oxygen atoms in total. The molecule has 0 rings (SSSR count). The highest BCUT2D eigenvalue weighted by molar-refractivity contribution is 6.29. The molecule has 0 aliphatic heterocycles. The highest BCUT2D eigenvalue weighted by Crippen LogP contribution is 2.01. The first-order chi connectivity index (χ1) is 6.25. The second kappa shape index (κ2) is 4.85. The molecule has 0 spiro atoms. The molecule has 0 aromatic carbocycles. The first-order valence-electron chi connectivity index (χ1n) is 3.88. The maximum absolute atomic E-state index is 11.1. The monoisotopic (exact) mass is 220 g/mol. The predicted molar refractivity (Wildman–Crippen MR) is 53.2 cm³/mol. The second-order valence-electron chi connectivity index (χ2n) is 3.26. The number of amides is 2. The summed E-state index contributed by atoms with van der Waals surface area (Å²) in [4.78, 5) is 21.7. The van der Waals surface area contributed by atoms with E-state index in [9.17, 15) is 9.59 Å². The van der Waals surface area contributed by atoms with E-state index in [1.54, 1.807) is 0 Å². The molecule has 0 heterocycles. The largest absolute Gasteiger partial charge is 0.480 e. The van der Waals surface area contributed by atoms with Crippen molar-refractivity contribution in [2.24, 2.45) is 0 Å². The minimum Gasteiger partial charge on any atom is -0.480 e. The molecular weight excluding hydrogens is 208 g/mol. The smallest absolute Gasteiger partial charge is 0.328 e. The molecule has 3 N–H and O–H groups in total. The van der Waals surface area contributed by atoms with Gasteiger partial charge < -0.3 is 15.7 Å². The van der Waals surface area contributed by atoms with Gasteiger partial charge in [0.05, 0.1) is 6.54 Å². The van der Waals surface area contributed by atoms with Crippen LogP contribution < -0.4 is 10.6 Å². The minimum atomic E-state index is -1.31. The number of aliphatic carboxylic acids is 1. The van der Waals surface area contributed by atoms with Crippen molar-refractivity contribution in [2.75, 3.05) is 6.54 Å². The number of halogens is 1. The van der Waals surface area contributed by atoms with Crippen LogP contribution in [-0.4, -0.2) is 29.2 Å². The van der Waals surface area contributed by atoms with Crippen LogP contribution in [0.3, 0.4) is 0 Å². The molecular formula is C8H13ClN2O3. The molecule has 80 valence electrons.